The van der Waals surface area contributed by atoms with Crippen LogP contribution in [0.1, 0.15) is 13.8 Å². The maximum Gasteiger partial charge on any atom is 0.454 e. The first-order valence-corrected chi connectivity index (χ1v) is 7.14. The lowest BCUT2D eigenvalue weighted by atomic mass is 10.0. The molecule has 1 atom stereocenters. The highest BCUT2D eigenvalue weighted by Crippen LogP contribution is 2.17. The molecular weight excluding hydrogens is 325 g/mol. The van der Waals surface area contributed by atoms with Crippen LogP contribution >= 0.6 is 0 Å². The molecule has 132 valence electrons. The Balaban J connectivity index is 2.71. The maximum atomic E-state index is 12.2. The molecule has 0 saturated heterocycles. The van der Waals surface area contributed by atoms with Crippen LogP contribution in [0, 0.1) is 5.92 Å². The second kappa shape index (κ2) is 8.37. The van der Waals surface area contributed by atoms with Crippen LogP contribution < -0.4 is 15.4 Å². The Labute approximate surface area is 137 Å². The number of allylic oxidation sites excluding steroid dienone is 1. The largest absolute Gasteiger partial charge is 0.497 e. The monoisotopic (exact) mass is 344 g/mol. The van der Waals surface area contributed by atoms with Crippen molar-refractivity contribution in [2.24, 2.45) is 5.92 Å². The molecule has 0 saturated carbocycles. The smallest absolute Gasteiger partial charge is 0.454 e. The van der Waals surface area contributed by atoms with Crippen molar-refractivity contribution in [3.8, 4) is 5.75 Å². The quantitative estimate of drug-likeness (QED) is 0.747. The highest BCUT2D eigenvalue weighted by Gasteiger charge is 2.36. The van der Waals surface area contributed by atoms with Crippen molar-refractivity contribution >= 4 is 17.4 Å². The molecule has 1 aromatic carbocycles. The Morgan fingerprint density at radius 2 is 1.75 bits per heavy atom. The van der Waals surface area contributed by atoms with Crippen molar-refractivity contribution in [3.05, 3.63) is 36.5 Å². The summed E-state index contributed by atoms with van der Waals surface area (Å²) in [5, 5.41) is 5.17. The van der Waals surface area contributed by atoms with E-state index >= 15 is 0 Å². The second-order valence-electron chi connectivity index (χ2n) is 5.30. The summed E-state index contributed by atoms with van der Waals surface area (Å²) >= 11 is 0. The minimum atomic E-state index is -4.93. The molecule has 24 heavy (non-hydrogen) atoms. The fraction of sp³-hybridized carbons (Fsp3) is 0.375. The van der Waals surface area contributed by atoms with Crippen LogP contribution in [0.25, 0.3) is 0 Å². The summed E-state index contributed by atoms with van der Waals surface area (Å²) in [5.74, 6) is -2.01. The molecule has 1 amide bonds. The molecule has 8 heteroatoms. The lowest BCUT2D eigenvalue weighted by Crippen LogP contribution is -2.42. The number of methoxy groups -OCH3 is 1. The van der Waals surface area contributed by atoms with E-state index in [9.17, 15) is 22.8 Å². The molecule has 0 fully saturated rings. The average molecular weight is 344 g/mol. The fourth-order valence-corrected chi connectivity index (χ4v) is 1.79. The number of carbonyl (C=O) groups is 2. The lowest BCUT2D eigenvalue weighted by molar-refractivity contribution is -0.165. The fourth-order valence-electron chi connectivity index (χ4n) is 1.79. The number of nitrogens with one attached hydrogen (secondary N) is 2. The van der Waals surface area contributed by atoms with E-state index in [2.05, 4.69) is 10.6 Å². The Kier molecular flexibility index (Phi) is 6.82. The van der Waals surface area contributed by atoms with E-state index in [4.69, 9.17) is 4.74 Å². The summed E-state index contributed by atoms with van der Waals surface area (Å²) < 4.78 is 41.4. The van der Waals surface area contributed by atoms with Gasteiger partial charge in [-0.2, -0.15) is 13.2 Å². The van der Waals surface area contributed by atoms with Gasteiger partial charge in [0.25, 0.3) is 5.78 Å². The third-order valence-electron chi connectivity index (χ3n) is 3.10. The molecule has 0 radical (unpaired) electrons. The Hall–Kier alpha value is -2.51. The van der Waals surface area contributed by atoms with Gasteiger partial charge >= 0.3 is 6.18 Å². The molecule has 0 aromatic heterocycles. The molecule has 1 aromatic rings. The first kappa shape index (κ1) is 19.5. The minimum absolute atomic E-state index is 0.214. The van der Waals surface area contributed by atoms with E-state index in [1.807, 2.05) is 0 Å². The van der Waals surface area contributed by atoms with Gasteiger partial charge in [0, 0.05) is 18.0 Å². The van der Waals surface area contributed by atoms with Crippen molar-refractivity contribution in [3.63, 3.8) is 0 Å². The van der Waals surface area contributed by atoms with E-state index in [-0.39, 0.29) is 5.92 Å². The highest BCUT2D eigenvalue weighted by atomic mass is 19.4. The van der Waals surface area contributed by atoms with Crippen molar-refractivity contribution in [2.45, 2.75) is 26.1 Å². The van der Waals surface area contributed by atoms with E-state index in [1.165, 1.54) is 7.11 Å². The number of alkyl halides is 3. The summed E-state index contributed by atoms with van der Waals surface area (Å²) in [6, 6.07) is 5.79. The van der Waals surface area contributed by atoms with Gasteiger partial charge in [0.2, 0.25) is 5.91 Å². The Morgan fingerprint density at radius 1 is 1.17 bits per heavy atom. The van der Waals surface area contributed by atoms with Gasteiger partial charge in [0.05, 0.1) is 7.11 Å². The number of hydrogen-bond acceptors (Lipinski definition) is 4. The van der Waals surface area contributed by atoms with Gasteiger partial charge in [-0.3, -0.25) is 9.59 Å². The zero-order valence-corrected chi connectivity index (χ0v) is 13.5. The van der Waals surface area contributed by atoms with Gasteiger partial charge in [-0.15, -0.1) is 0 Å². The average Bonchev–Trinajstić information content (AvgIpc) is 2.50. The number of halogens is 3. The van der Waals surface area contributed by atoms with Crippen LogP contribution in [0.15, 0.2) is 36.5 Å². The molecule has 1 unspecified atom stereocenters. The number of anilines is 1. The zero-order chi connectivity index (χ0) is 18.3. The van der Waals surface area contributed by atoms with E-state index in [0.717, 1.165) is 6.20 Å². The normalized spacial score (nSPS) is 13.0. The minimum Gasteiger partial charge on any atom is -0.497 e. The first-order chi connectivity index (χ1) is 11.1. The Morgan fingerprint density at radius 3 is 2.21 bits per heavy atom. The van der Waals surface area contributed by atoms with Gasteiger partial charge in [-0.05, 0) is 30.2 Å². The predicted molar refractivity (Wildman–Crippen MR) is 83.6 cm³/mol. The summed E-state index contributed by atoms with van der Waals surface area (Å²) in [6.07, 6.45) is -3.74. The van der Waals surface area contributed by atoms with Crippen molar-refractivity contribution in [1.82, 2.24) is 5.32 Å². The Bertz CT molecular complexity index is 596. The second-order valence-corrected chi connectivity index (χ2v) is 5.30. The number of hydrogen-bond donors (Lipinski definition) is 2. The SMILES string of the molecule is COc1ccc(NC(=O)C(N/C=C/C(=O)C(F)(F)F)C(C)C)cc1. The molecule has 0 aliphatic rings. The highest BCUT2D eigenvalue weighted by molar-refractivity contribution is 5.96. The topological polar surface area (TPSA) is 67.4 Å². The molecular formula is C16H19F3N2O3. The number of rotatable bonds is 7. The molecule has 5 nitrogen and oxygen atoms in total. The zero-order valence-electron chi connectivity index (χ0n) is 13.5. The van der Waals surface area contributed by atoms with Gasteiger partial charge in [0.15, 0.2) is 0 Å². The molecule has 1 rings (SSSR count). The van der Waals surface area contributed by atoms with Crippen molar-refractivity contribution in [2.75, 3.05) is 12.4 Å². The van der Waals surface area contributed by atoms with Gasteiger partial charge in [0.1, 0.15) is 11.8 Å². The van der Waals surface area contributed by atoms with Crippen LogP contribution in [0.5, 0.6) is 5.75 Å². The molecule has 0 aliphatic heterocycles. The molecule has 0 heterocycles. The summed E-state index contributed by atoms with van der Waals surface area (Å²) in [6.45, 7) is 3.45. The standard InChI is InChI=1S/C16H19F3N2O3/c1-10(2)14(20-9-8-13(22)16(17,18)19)15(23)21-11-4-6-12(24-3)7-5-11/h4-10,14,20H,1-3H3,(H,21,23)/b9-8+. The van der Waals surface area contributed by atoms with Crippen LogP contribution in [0.4, 0.5) is 18.9 Å². The van der Waals surface area contributed by atoms with Gasteiger partial charge < -0.3 is 15.4 Å². The number of carbonyl (C=O) groups excluding carboxylic acids is 2. The third-order valence-corrected chi connectivity index (χ3v) is 3.10. The van der Waals surface area contributed by atoms with Crippen molar-refractivity contribution in [1.29, 1.82) is 0 Å². The number of ether oxygens (including phenoxy) is 1. The van der Waals surface area contributed by atoms with E-state index in [1.54, 1.807) is 38.1 Å². The molecule has 0 spiro atoms. The summed E-state index contributed by atoms with van der Waals surface area (Å²) in [4.78, 5) is 23.0. The number of amides is 1. The van der Waals surface area contributed by atoms with Gasteiger partial charge in [-0.25, -0.2) is 0 Å². The molecule has 0 bridgehead atoms. The molecule has 2 N–H and O–H groups in total. The van der Waals surface area contributed by atoms with E-state index < -0.39 is 23.9 Å². The lowest BCUT2D eigenvalue weighted by Gasteiger charge is -2.20. The number of benzene rings is 1. The molecule has 0 aliphatic carbocycles. The van der Waals surface area contributed by atoms with E-state index in [0.29, 0.717) is 17.5 Å². The first-order valence-electron chi connectivity index (χ1n) is 7.14. The van der Waals surface area contributed by atoms with Gasteiger partial charge in [-0.1, -0.05) is 13.8 Å². The van der Waals surface area contributed by atoms with Crippen LogP contribution in [0.3, 0.4) is 0 Å². The summed E-state index contributed by atoms with van der Waals surface area (Å²) in [5.41, 5.74) is 0.517. The van der Waals surface area contributed by atoms with Crippen LogP contribution in [0.2, 0.25) is 0 Å². The maximum absolute atomic E-state index is 12.2. The van der Waals surface area contributed by atoms with Crippen molar-refractivity contribution < 1.29 is 27.5 Å². The van der Waals surface area contributed by atoms with Crippen LogP contribution in [-0.2, 0) is 9.59 Å². The predicted octanol–water partition coefficient (Wildman–Crippen LogP) is 2.89. The number of ketones is 1. The summed E-state index contributed by atoms with van der Waals surface area (Å²) in [7, 11) is 1.51. The third kappa shape index (κ3) is 5.94. The van der Waals surface area contributed by atoms with Crippen LogP contribution in [-0.4, -0.2) is 31.0 Å².